The normalized spacial score (nSPS) is 20.9. The highest BCUT2D eigenvalue weighted by Gasteiger charge is 2.56. The minimum atomic E-state index is -2.49. The van der Waals surface area contributed by atoms with Gasteiger partial charge in [-0.25, -0.2) is 9.59 Å². The van der Waals surface area contributed by atoms with Gasteiger partial charge in [0.15, 0.2) is 0 Å². The van der Waals surface area contributed by atoms with Crippen LogP contribution >= 0.6 is 11.3 Å². The van der Waals surface area contributed by atoms with Crippen LogP contribution in [0.25, 0.3) is 10.4 Å². The van der Waals surface area contributed by atoms with E-state index in [9.17, 15) is 39.3 Å². The van der Waals surface area contributed by atoms with Crippen molar-refractivity contribution in [2.24, 2.45) is 0 Å². The van der Waals surface area contributed by atoms with Gasteiger partial charge in [0, 0.05) is 36.8 Å². The van der Waals surface area contributed by atoms with Crippen LogP contribution in [-0.4, -0.2) is 99.6 Å². The number of rotatable bonds is 18. The summed E-state index contributed by atoms with van der Waals surface area (Å²) < 4.78 is 17.0. The van der Waals surface area contributed by atoms with Crippen molar-refractivity contribution < 1.29 is 58.6 Å². The van der Waals surface area contributed by atoms with E-state index in [1.54, 1.807) is 65.9 Å². The number of aliphatic carboxylic acids is 2. The molecule has 15 nitrogen and oxygen atoms in total. The SMILES string of the molecule is CC(=O)N[C@H]1[C@H]([C@H](O)[C@H](O)CNC(=O)c2ccc(-c3cccs3)cc2)O[C@@](OCCCCCC(=O)O)(C(=O)O)C[C@@H]1NC(=O)OCc1ccccc1. The lowest BCUT2D eigenvalue weighted by Gasteiger charge is -2.48. The molecule has 1 aliphatic rings. The molecular weight excluding hydrogens is 698 g/mol. The summed E-state index contributed by atoms with van der Waals surface area (Å²) in [5.74, 6) is -6.26. The van der Waals surface area contributed by atoms with Crippen LogP contribution in [-0.2, 0) is 35.2 Å². The molecule has 0 unspecified atom stereocenters. The molecule has 1 fully saturated rings. The van der Waals surface area contributed by atoms with E-state index < -0.39 is 79.0 Å². The van der Waals surface area contributed by atoms with Crippen molar-refractivity contribution in [3.8, 4) is 10.4 Å². The van der Waals surface area contributed by atoms with Gasteiger partial charge in [-0.1, -0.05) is 55.0 Å². The van der Waals surface area contributed by atoms with Gasteiger partial charge in [-0.05, 0) is 47.5 Å². The molecule has 0 aliphatic carbocycles. The summed E-state index contributed by atoms with van der Waals surface area (Å²) in [4.78, 5) is 63.0. The number of aliphatic hydroxyl groups is 2. The molecule has 1 saturated heterocycles. The number of hydrogen-bond acceptors (Lipinski definition) is 11. The molecule has 0 radical (unpaired) electrons. The number of carboxylic acids is 2. The van der Waals surface area contributed by atoms with Crippen molar-refractivity contribution in [1.82, 2.24) is 16.0 Å². The highest BCUT2D eigenvalue weighted by Crippen LogP contribution is 2.34. The molecule has 16 heteroatoms. The van der Waals surface area contributed by atoms with Gasteiger partial charge in [0.05, 0.1) is 24.8 Å². The number of benzene rings is 2. The highest BCUT2D eigenvalue weighted by atomic mass is 32.1. The fourth-order valence-corrected chi connectivity index (χ4v) is 6.43. The molecule has 0 bridgehead atoms. The Morgan fingerprint density at radius 3 is 2.31 bits per heavy atom. The van der Waals surface area contributed by atoms with E-state index in [-0.39, 0.29) is 31.6 Å². The minimum absolute atomic E-state index is 0.0841. The lowest BCUT2D eigenvalue weighted by atomic mass is 9.86. The average molecular weight is 742 g/mol. The molecule has 52 heavy (non-hydrogen) atoms. The average Bonchev–Trinajstić information content (AvgIpc) is 3.67. The standard InChI is InChI=1S/C36H43N3O12S/c1-22(40)38-30-26(39-35(48)49-21-23-9-4-2-5-10-23)19-36(34(46)47,50-17-7-3-6-12-29(42)43)51-32(30)31(44)27(41)20-37-33(45)25-15-13-24(14-16-25)28-11-8-18-52-28/h2,4-5,8-11,13-16,18,26-27,30-32,41,44H,3,6-7,12,17,19-21H2,1H3,(H,37,45)(H,38,40)(H,39,48)(H,42,43)(H,46,47)/t26-,27+,30+,31+,32+,36+/m0/s1. The summed E-state index contributed by atoms with van der Waals surface area (Å²) in [5.41, 5.74) is 1.87. The summed E-state index contributed by atoms with van der Waals surface area (Å²) in [7, 11) is 0. The molecule has 280 valence electrons. The lowest BCUT2D eigenvalue weighted by molar-refractivity contribution is -0.300. The number of carbonyl (C=O) groups is 5. The maximum Gasteiger partial charge on any atom is 0.407 e. The fourth-order valence-electron chi connectivity index (χ4n) is 5.70. The van der Waals surface area contributed by atoms with Gasteiger partial charge in [0.25, 0.3) is 11.7 Å². The first kappa shape index (κ1) is 39.9. The fraction of sp³-hybridized carbons (Fsp3) is 0.417. The van der Waals surface area contributed by atoms with Crippen molar-refractivity contribution >= 4 is 41.2 Å². The van der Waals surface area contributed by atoms with Crippen LogP contribution in [0.3, 0.4) is 0 Å². The summed E-state index contributed by atoms with van der Waals surface area (Å²) in [6.45, 7) is 0.343. The number of carboxylic acid groups (broad SMARTS) is 2. The largest absolute Gasteiger partial charge is 0.481 e. The Bertz CT molecular complexity index is 1640. The van der Waals surface area contributed by atoms with Gasteiger partial charge in [-0.15, -0.1) is 11.3 Å². The monoisotopic (exact) mass is 741 g/mol. The van der Waals surface area contributed by atoms with Crippen molar-refractivity contribution in [3.63, 3.8) is 0 Å². The van der Waals surface area contributed by atoms with Gasteiger partial charge in [-0.3, -0.25) is 14.4 Å². The van der Waals surface area contributed by atoms with Crippen LogP contribution in [0.15, 0.2) is 72.1 Å². The molecule has 3 amide bonds. The number of carbonyl (C=O) groups excluding carboxylic acids is 3. The second kappa shape index (κ2) is 19.1. The van der Waals surface area contributed by atoms with Crippen molar-refractivity contribution in [3.05, 3.63) is 83.2 Å². The smallest absolute Gasteiger partial charge is 0.407 e. The van der Waals surface area contributed by atoms with Gasteiger partial charge in [0.1, 0.15) is 18.8 Å². The zero-order chi connectivity index (χ0) is 37.7. The van der Waals surface area contributed by atoms with Crippen LogP contribution in [0.4, 0.5) is 4.79 Å². The molecule has 1 aliphatic heterocycles. The molecule has 7 N–H and O–H groups in total. The maximum atomic E-state index is 13.0. The highest BCUT2D eigenvalue weighted by molar-refractivity contribution is 7.13. The third-order valence-electron chi connectivity index (χ3n) is 8.34. The molecule has 0 saturated carbocycles. The summed E-state index contributed by atoms with van der Waals surface area (Å²) >= 11 is 1.54. The van der Waals surface area contributed by atoms with Crippen LogP contribution < -0.4 is 16.0 Å². The zero-order valence-corrected chi connectivity index (χ0v) is 29.3. The number of unbranched alkanes of at least 4 members (excludes halogenated alkanes) is 2. The Morgan fingerprint density at radius 2 is 1.67 bits per heavy atom. The van der Waals surface area contributed by atoms with Crippen LogP contribution in [0, 0.1) is 0 Å². The third-order valence-corrected chi connectivity index (χ3v) is 9.26. The van der Waals surface area contributed by atoms with E-state index in [2.05, 4.69) is 16.0 Å². The molecule has 2 aromatic carbocycles. The maximum absolute atomic E-state index is 13.0. The molecule has 2 heterocycles. The van der Waals surface area contributed by atoms with Crippen molar-refractivity contribution in [1.29, 1.82) is 0 Å². The van der Waals surface area contributed by atoms with E-state index in [1.165, 1.54) is 6.92 Å². The van der Waals surface area contributed by atoms with Crippen molar-refractivity contribution in [2.45, 2.75) is 81.8 Å². The van der Waals surface area contributed by atoms with Crippen LogP contribution in [0.2, 0.25) is 0 Å². The quantitative estimate of drug-likeness (QED) is 0.0934. The summed E-state index contributed by atoms with van der Waals surface area (Å²) in [6.07, 6.45) is -6.01. The van der Waals surface area contributed by atoms with Gasteiger partial charge < -0.3 is 50.6 Å². The molecule has 3 aromatic rings. The lowest BCUT2D eigenvalue weighted by Crippen LogP contribution is -2.71. The Labute approximate surface area is 303 Å². The molecule has 6 atom stereocenters. The Morgan fingerprint density at radius 1 is 0.942 bits per heavy atom. The Hall–Kier alpha value is -4.87. The Kier molecular flexibility index (Phi) is 14.7. The van der Waals surface area contributed by atoms with Crippen LogP contribution in [0.1, 0.15) is 54.9 Å². The van der Waals surface area contributed by atoms with E-state index in [1.807, 2.05) is 17.5 Å². The first-order chi connectivity index (χ1) is 24.9. The molecule has 0 spiro atoms. The topological polar surface area (TPSA) is 230 Å². The van der Waals surface area contributed by atoms with E-state index >= 15 is 0 Å². The number of alkyl carbamates (subject to hydrolysis) is 1. The molecule has 4 rings (SSSR count). The summed E-state index contributed by atoms with van der Waals surface area (Å²) in [5, 5.41) is 51.4. The predicted octanol–water partition coefficient (Wildman–Crippen LogP) is 2.90. The summed E-state index contributed by atoms with van der Waals surface area (Å²) in [6, 6.07) is 16.8. The van der Waals surface area contributed by atoms with Crippen LogP contribution in [0.5, 0.6) is 0 Å². The second-order valence-electron chi connectivity index (χ2n) is 12.3. The number of amides is 3. The first-order valence-electron chi connectivity index (χ1n) is 16.7. The number of thiophene rings is 1. The zero-order valence-electron chi connectivity index (χ0n) is 28.4. The van der Waals surface area contributed by atoms with Crippen molar-refractivity contribution in [2.75, 3.05) is 13.2 Å². The van der Waals surface area contributed by atoms with E-state index in [4.69, 9.17) is 19.3 Å². The Balaban J connectivity index is 1.52. The first-order valence-corrected chi connectivity index (χ1v) is 17.6. The number of hydrogen-bond donors (Lipinski definition) is 7. The number of ether oxygens (including phenoxy) is 3. The van der Waals surface area contributed by atoms with Gasteiger partial charge in [-0.2, -0.15) is 0 Å². The van der Waals surface area contributed by atoms with E-state index in [0.29, 0.717) is 18.4 Å². The van der Waals surface area contributed by atoms with Gasteiger partial charge >= 0.3 is 18.0 Å². The molecule has 1 aromatic heterocycles. The third kappa shape index (κ3) is 11.3. The van der Waals surface area contributed by atoms with E-state index in [0.717, 1.165) is 10.4 Å². The number of aliphatic hydroxyl groups excluding tert-OH is 2. The minimum Gasteiger partial charge on any atom is -0.481 e. The second-order valence-corrected chi connectivity index (χ2v) is 13.2. The predicted molar refractivity (Wildman–Crippen MR) is 187 cm³/mol. The molecular formula is C36H43N3O12S. The van der Waals surface area contributed by atoms with Gasteiger partial charge in [0.2, 0.25) is 5.91 Å². The number of nitrogens with one attached hydrogen (secondary N) is 3.